The number of hydrogen-bond acceptors (Lipinski definition) is 3. The Kier molecular flexibility index (Phi) is 7.50. The van der Waals surface area contributed by atoms with Crippen LogP contribution >= 0.6 is 27.7 Å². The Morgan fingerprint density at radius 1 is 1.14 bits per heavy atom. The number of likely N-dealkylation sites (tertiary alicyclic amines) is 1. The fourth-order valence-corrected chi connectivity index (χ4v) is 4.28. The number of benzene rings is 2. The fraction of sp³-hybridized carbons (Fsp3) is 0.333. The molecule has 0 bridgehead atoms. The Balaban J connectivity index is 1.44. The van der Waals surface area contributed by atoms with Gasteiger partial charge in [0.15, 0.2) is 0 Å². The van der Waals surface area contributed by atoms with Crippen LogP contribution in [0.15, 0.2) is 57.9 Å². The summed E-state index contributed by atoms with van der Waals surface area (Å²) in [6.45, 7) is 1.16. The molecule has 3 rings (SSSR count). The molecule has 0 radical (unpaired) electrons. The second kappa shape index (κ2) is 10.1. The smallest absolute Gasteiger partial charge is 0.254 e. The van der Waals surface area contributed by atoms with Crippen molar-refractivity contribution in [2.45, 2.75) is 30.2 Å². The summed E-state index contributed by atoms with van der Waals surface area (Å²) >= 11 is 5.00. The molecular formula is C21H22BrFN2O2S. The lowest BCUT2D eigenvalue weighted by Crippen LogP contribution is -2.46. The van der Waals surface area contributed by atoms with Gasteiger partial charge in [-0.15, -0.1) is 11.8 Å². The van der Waals surface area contributed by atoms with Gasteiger partial charge in [0.2, 0.25) is 5.91 Å². The van der Waals surface area contributed by atoms with Gasteiger partial charge in [-0.1, -0.05) is 15.9 Å². The van der Waals surface area contributed by atoms with Gasteiger partial charge in [0, 0.05) is 28.0 Å². The maximum Gasteiger partial charge on any atom is 0.254 e. The number of hydrogen-bond donors (Lipinski definition) is 1. The largest absolute Gasteiger partial charge is 0.354 e. The first kappa shape index (κ1) is 20.9. The SMILES string of the molecule is O=C(NCCCSc1ccc(F)cc1)C1CCCN1C(=O)c1ccc(Br)cc1. The molecule has 1 aliphatic rings. The van der Waals surface area contributed by atoms with Crippen LogP contribution < -0.4 is 5.32 Å². The van der Waals surface area contributed by atoms with Crippen LogP contribution in [0.2, 0.25) is 0 Å². The van der Waals surface area contributed by atoms with Gasteiger partial charge in [0.25, 0.3) is 5.91 Å². The molecule has 0 aromatic heterocycles. The van der Waals surface area contributed by atoms with Gasteiger partial charge in [0.05, 0.1) is 0 Å². The quantitative estimate of drug-likeness (QED) is 0.484. The normalized spacial score (nSPS) is 16.2. The van der Waals surface area contributed by atoms with Gasteiger partial charge in [-0.25, -0.2) is 4.39 Å². The number of rotatable bonds is 7. The lowest BCUT2D eigenvalue weighted by molar-refractivity contribution is -0.124. The molecule has 1 N–H and O–H groups in total. The van der Waals surface area contributed by atoms with Crippen molar-refractivity contribution in [1.82, 2.24) is 10.2 Å². The van der Waals surface area contributed by atoms with Gasteiger partial charge in [0.1, 0.15) is 11.9 Å². The number of nitrogens with zero attached hydrogens (tertiary/aromatic N) is 1. The first-order valence-corrected chi connectivity index (χ1v) is 11.0. The van der Waals surface area contributed by atoms with Crippen molar-refractivity contribution < 1.29 is 14.0 Å². The summed E-state index contributed by atoms with van der Waals surface area (Å²) in [6.07, 6.45) is 2.33. The first-order chi connectivity index (χ1) is 13.5. The fourth-order valence-electron chi connectivity index (χ4n) is 3.16. The predicted molar refractivity (Wildman–Crippen MR) is 113 cm³/mol. The van der Waals surface area contributed by atoms with E-state index >= 15 is 0 Å². The zero-order valence-electron chi connectivity index (χ0n) is 15.4. The Morgan fingerprint density at radius 3 is 2.57 bits per heavy atom. The van der Waals surface area contributed by atoms with Crippen molar-refractivity contribution in [2.75, 3.05) is 18.8 Å². The Labute approximate surface area is 177 Å². The summed E-state index contributed by atoms with van der Waals surface area (Å²) < 4.78 is 13.8. The van der Waals surface area contributed by atoms with Crippen LogP contribution in [0.25, 0.3) is 0 Å². The van der Waals surface area contributed by atoms with Crippen LogP contribution in [-0.2, 0) is 4.79 Å². The van der Waals surface area contributed by atoms with Crippen LogP contribution in [0.5, 0.6) is 0 Å². The van der Waals surface area contributed by atoms with E-state index in [1.165, 1.54) is 12.1 Å². The van der Waals surface area contributed by atoms with Crippen molar-refractivity contribution in [1.29, 1.82) is 0 Å². The van der Waals surface area contributed by atoms with Crippen LogP contribution in [0.1, 0.15) is 29.6 Å². The van der Waals surface area contributed by atoms with Crippen molar-refractivity contribution >= 4 is 39.5 Å². The minimum atomic E-state index is -0.402. The van der Waals surface area contributed by atoms with Crippen molar-refractivity contribution in [3.8, 4) is 0 Å². The molecular weight excluding hydrogens is 443 g/mol. The predicted octanol–water partition coefficient (Wildman–Crippen LogP) is 4.49. The molecule has 1 heterocycles. The van der Waals surface area contributed by atoms with E-state index in [-0.39, 0.29) is 17.6 Å². The third-order valence-electron chi connectivity index (χ3n) is 4.61. The molecule has 1 fully saturated rings. The molecule has 2 amide bonds. The molecule has 0 saturated carbocycles. The molecule has 28 heavy (non-hydrogen) atoms. The molecule has 1 atom stereocenters. The molecule has 148 valence electrons. The van der Waals surface area contributed by atoms with E-state index in [0.717, 1.165) is 28.0 Å². The molecule has 0 spiro atoms. The van der Waals surface area contributed by atoms with Crippen molar-refractivity contribution in [2.24, 2.45) is 0 Å². The lowest BCUT2D eigenvalue weighted by atomic mass is 10.1. The summed E-state index contributed by atoms with van der Waals surface area (Å²) in [6, 6.07) is 13.2. The number of nitrogens with one attached hydrogen (secondary N) is 1. The minimum absolute atomic E-state index is 0.0882. The van der Waals surface area contributed by atoms with Gasteiger partial charge in [-0.2, -0.15) is 0 Å². The van der Waals surface area contributed by atoms with Crippen LogP contribution in [-0.4, -0.2) is 41.6 Å². The van der Waals surface area contributed by atoms with E-state index in [4.69, 9.17) is 0 Å². The molecule has 4 nitrogen and oxygen atoms in total. The third kappa shape index (κ3) is 5.58. The highest BCUT2D eigenvalue weighted by molar-refractivity contribution is 9.10. The van der Waals surface area contributed by atoms with Crippen molar-refractivity contribution in [3.63, 3.8) is 0 Å². The standard InChI is InChI=1S/C21H22BrFN2O2S/c22-16-6-4-15(5-7-16)21(27)25-13-1-3-19(25)20(26)24-12-2-14-28-18-10-8-17(23)9-11-18/h4-11,19H,1-3,12-14H2,(H,24,26). The Morgan fingerprint density at radius 2 is 1.86 bits per heavy atom. The van der Waals surface area contributed by atoms with Crippen molar-refractivity contribution in [3.05, 3.63) is 64.4 Å². The van der Waals surface area contributed by atoms with Gasteiger partial charge < -0.3 is 10.2 Å². The average molecular weight is 465 g/mol. The Hall–Kier alpha value is -1.86. The van der Waals surface area contributed by atoms with E-state index in [1.807, 2.05) is 12.1 Å². The van der Waals surface area contributed by atoms with E-state index in [0.29, 0.717) is 25.1 Å². The maximum atomic E-state index is 12.9. The maximum absolute atomic E-state index is 12.9. The average Bonchev–Trinajstić information content (AvgIpc) is 3.19. The van der Waals surface area contributed by atoms with Gasteiger partial charge in [-0.3, -0.25) is 9.59 Å². The zero-order chi connectivity index (χ0) is 19.9. The second-order valence-corrected chi connectivity index (χ2v) is 8.69. The zero-order valence-corrected chi connectivity index (χ0v) is 17.8. The summed E-state index contributed by atoms with van der Waals surface area (Å²) in [5.74, 6) is 0.403. The number of amides is 2. The summed E-state index contributed by atoms with van der Waals surface area (Å²) in [5.41, 5.74) is 0.596. The van der Waals surface area contributed by atoms with Gasteiger partial charge in [-0.05, 0) is 73.5 Å². The third-order valence-corrected chi connectivity index (χ3v) is 6.24. The first-order valence-electron chi connectivity index (χ1n) is 9.27. The van der Waals surface area contributed by atoms with Crippen LogP contribution in [0.4, 0.5) is 4.39 Å². The highest BCUT2D eigenvalue weighted by Gasteiger charge is 2.34. The van der Waals surface area contributed by atoms with Crippen LogP contribution in [0, 0.1) is 5.82 Å². The molecule has 1 unspecified atom stereocenters. The summed E-state index contributed by atoms with van der Waals surface area (Å²) in [4.78, 5) is 28.0. The van der Waals surface area contributed by atoms with E-state index < -0.39 is 6.04 Å². The van der Waals surface area contributed by atoms with E-state index in [2.05, 4.69) is 21.2 Å². The highest BCUT2D eigenvalue weighted by Crippen LogP contribution is 2.22. The number of halogens is 2. The van der Waals surface area contributed by atoms with E-state index in [1.54, 1.807) is 40.9 Å². The van der Waals surface area contributed by atoms with E-state index in [9.17, 15) is 14.0 Å². The molecule has 0 aliphatic carbocycles. The molecule has 1 saturated heterocycles. The monoisotopic (exact) mass is 464 g/mol. The number of carbonyl (C=O) groups is 2. The topological polar surface area (TPSA) is 49.4 Å². The molecule has 7 heteroatoms. The molecule has 2 aromatic rings. The van der Waals surface area contributed by atoms with Gasteiger partial charge >= 0.3 is 0 Å². The minimum Gasteiger partial charge on any atom is -0.354 e. The Bertz CT molecular complexity index is 814. The second-order valence-electron chi connectivity index (χ2n) is 6.61. The molecule has 2 aromatic carbocycles. The number of thioether (sulfide) groups is 1. The summed E-state index contributed by atoms with van der Waals surface area (Å²) in [7, 11) is 0. The number of carbonyl (C=O) groups excluding carboxylic acids is 2. The lowest BCUT2D eigenvalue weighted by Gasteiger charge is -2.24. The van der Waals surface area contributed by atoms with Crippen LogP contribution in [0.3, 0.4) is 0 Å². The summed E-state index contributed by atoms with van der Waals surface area (Å²) in [5, 5.41) is 2.95. The molecule has 1 aliphatic heterocycles. The highest BCUT2D eigenvalue weighted by atomic mass is 79.9.